The van der Waals surface area contributed by atoms with Crippen molar-refractivity contribution in [1.29, 1.82) is 0 Å². The maximum Gasteiger partial charge on any atom is 0.341 e. The first-order chi connectivity index (χ1) is 10.3. The summed E-state index contributed by atoms with van der Waals surface area (Å²) in [5.41, 5.74) is -1.30. The van der Waals surface area contributed by atoms with E-state index in [0.717, 1.165) is 12.8 Å². The molecule has 0 aliphatic heterocycles. The zero-order chi connectivity index (χ0) is 16.4. The molecule has 0 heterocycles. The van der Waals surface area contributed by atoms with E-state index >= 15 is 0 Å². The largest absolute Gasteiger partial charge is 0.477 e. The number of rotatable bonds is 6. The van der Waals surface area contributed by atoms with E-state index in [9.17, 15) is 27.9 Å². The Morgan fingerprint density at radius 2 is 1.77 bits per heavy atom. The summed E-state index contributed by atoms with van der Waals surface area (Å²) in [6.07, 6.45) is 1.92. The number of hydrogen-bond acceptors (Lipinski definition) is 3. The highest BCUT2D eigenvalue weighted by molar-refractivity contribution is 6.24. The van der Waals surface area contributed by atoms with Gasteiger partial charge in [0, 0.05) is 17.8 Å². The number of hydrogen-bond donors (Lipinski definition) is 2. The predicted octanol–water partition coefficient (Wildman–Crippen LogP) is 2.79. The summed E-state index contributed by atoms with van der Waals surface area (Å²) >= 11 is 0. The van der Waals surface area contributed by atoms with Crippen LogP contribution in [0.5, 0.6) is 0 Å². The third-order valence-corrected chi connectivity index (χ3v) is 3.31. The molecule has 0 radical (unpaired) electrons. The first-order valence-corrected chi connectivity index (χ1v) is 6.77. The summed E-state index contributed by atoms with van der Waals surface area (Å²) in [7, 11) is 0. The molecular weight excluding hydrogens is 299 g/mol. The number of ketones is 1. The van der Waals surface area contributed by atoms with Gasteiger partial charge in [0.25, 0.3) is 0 Å². The van der Waals surface area contributed by atoms with Gasteiger partial charge in [-0.25, -0.2) is 18.0 Å². The molecule has 2 rings (SSSR count). The molecular formula is C15H14F3NO3. The van der Waals surface area contributed by atoms with Gasteiger partial charge in [0.15, 0.2) is 11.6 Å². The van der Waals surface area contributed by atoms with Crippen molar-refractivity contribution in [2.45, 2.75) is 32.2 Å². The Morgan fingerprint density at radius 1 is 1.18 bits per heavy atom. The highest BCUT2D eigenvalue weighted by atomic mass is 19.2. The summed E-state index contributed by atoms with van der Waals surface area (Å²) in [5, 5.41) is 12.2. The number of nitrogens with one attached hydrogen (secondary N) is 1. The Morgan fingerprint density at radius 3 is 2.27 bits per heavy atom. The van der Waals surface area contributed by atoms with Crippen molar-refractivity contribution in [2.75, 3.05) is 0 Å². The Hall–Kier alpha value is -2.31. The monoisotopic (exact) mass is 313 g/mol. The van der Waals surface area contributed by atoms with Crippen LogP contribution in [0.1, 0.15) is 36.5 Å². The fraction of sp³-hybridized carbons (Fsp3) is 0.333. The molecule has 0 bridgehead atoms. The van der Waals surface area contributed by atoms with Crippen LogP contribution >= 0.6 is 0 Å². The van der Waals surface area contributed by atoms with Gasteiger partial charge in [-0.3, -0.25) is 4.79 Å². The third-order valence-electron chi connectivity index (χ3n) is 3.31. The lowest BCUT2D eigenvalue weighted by atomic mass is 9.99. The van der Waals surface area contributed by atoms with E-state index in [1.165, 1.54) is 0 Å². The minimum absolute atomic E-state index is 0.0897. The zero-order valence-electron chi connectivity index (χ0n) is 11.8. The van der Waals surface area contributed by atoms with Crippen molar-refractivity contribution in [3.05, 3.63) is 46.4 Å². The topological polar surface area (TPSA) is 66.4 Å². The van der Waals surface area contributed by atoms with E-state index in [-0.39, 0.29) is 24.2 Å². The molecule has 1 aliphatic carbocycles. The second-order valence-corrected chi connectivity index (χ2v) is 5.01. The molecule has 0 amide bonds. The lowest BCUT2D eigenvalue weighted by Crippen LogP contribution is -2.25. The smallest absolute Gasteiger partial charge is 0.341 e. The summed E-state index contributed by atoms with van der Waals surface area (Å²) in [6, 6.07) is 0.689. The second-order valence-electron chi connectivity index (χ2n) is 5.01. The molecule has 1 aromatic rings. The van der Waals surface area contributed by atoms with Crippen molar-refractivity contribution in [3.63, 3.8) is 0 Å². The lowest BCUT2D eigenvalue weighted by Gasteiger charge is -2.13. The molecule has 7 heteroatoms. The molecule has 1 saturated carbocycles. The first kappa shape index (κ1) is 16.1. The van der Waals surface area contributed by atoms with Gasteiger partial charge in [0.1, 0.15) is 11.4 Å². The predicted molar refractivity (Wildman–Crippen MR) is 71.8 cm³/mol. The molecule has 0 aromatic heterocycles. The molecule has 4 nitrogen and oxygen atoms in total. The van der Waals surface area contributed by atoms with Crippen molar-refractivity contribution in [2.24, 2.45) is 0 Å². The summed E-state index contributed by atoms with van der Waals surface area (Å²) in [6.45, 7) is 1.64. The van der Waals surface area contributed by atoms with Gasteiger partial charge in [-0.1, -0.05) is 6.92 Å². The van der Waals surface area contributed by atoms with Gasteiger partial charge in [-0.2, -0.15) is 0 Å². The van der Waals surface area contributed by atoms with Gasteiger partial charge in [-0.05, 0) is 25.3 Å². The number of Topliss-reactive ketones (excluding diaryl/α,β-unsaturated/α-hetero) is 1. The molecule has 1 aliphatic rings. The number of carboxylic acids is 1. The minimum atomic E-state index is -1.54. The number of aliphatic carboxylic acids is 1. The maximum atomic E-state index is 13.7. The lowest BCUT2D eigenvalue weighted by molar-refractivity contribution is -0.132. The van der Waals surface area contributed by atoms with Crippen LogP contribution in [0.3, 0.4) is 0 Å². The Labute approximate surface area is 124 Å². The molecule has 1 fully saturated rings. The number of allylic oxidation sites excluding steroid dienone is 1. The fourth-order valence-corrected chi connectivity index (χ4v) is 2.02. The van der Waals surface area contributed by atoms with E-state index in [4.69, 9.17) is 0 Å². The van der Waals surface area contributed by atoms with E-state index < -0.39 is 40.3 Å². The zero-order valence-corrected chi connectivity index (χ0v) is 11.8. The van der Waals surface area contributed by atoms with Gasteiger partial charge in [0.2, 0.25) is 5.78 Å². The Kier molecular flexibility index (Phi) is 4.54. The first-order valence-electron chi connectivity index (χ1n) is 6.77. The Bertz CT molecular complexity index is 666. The van der Waals surface area contributed by atoms with Crippen LogP contribution in [0.25, 0.3) is 0 Å². The quantitative estimate of drug-likeness (QED) is 0.279. The molecule has 0 saturated heterocycles. The van der Waals surface area contributed by atoms with Gasteiger partial charge < -0.3 is 10.4 Å². The summed E-state index contributed by atoms with van der Waals surface area (Å²) in [5.74, 6) is -6.89. The number of benzene rings is 1. The van der Waals surface area contributed by atoms with Crippen LogP contribution in [0, 0.1) is 17.5 Å². The Balaban J connectivity index is 2.48. The summed E-state index contributed by atoms with van der Waals surface area (Å²) in [4.78, 5) is 23.6. The van der Waals surface area contributed by atoms with Gasteiger partial charge >= 0.3 is 5.97 Å². The highest BCUT2D eigenvalue weighted by Gasteiger charge is 2.29. The van der Waals surface area contributed by atoms with Crippen molar-refractivity contribution >= 4 is 11.8 Å². The van der Waals surface area contributed by atoms with E-state index in [2.05, 4.69) is 5.32 Å². The molecule has 118 valence electrons. The number of halogens is 3. The fourth-order valence-electron chi connectivity index (χ4n) is 2.02. The number of carbonyl (C=O) groups excluding carboxylic acids is 1. The second kappa shape index (κ2) is 6.21. The molecule has 0 atom stereocenters. The molecule has 0 spiro atoms. The SMILES string of the molecule is CC/C(NC1CC1)=C(/C(=O)O)C(=O)c1cc(F)c(F)cc1F. The van der Waals surface area contributed by atoms with Crippen molar-refractivity contribution in [1.82, 2.24) is 5.32 Å². The van der Waals surface area contributed by atoms with Crippen molar-refractivity contribution in [3.8, 4) is 0 Å². The van der Waals surface area contributed by atoms with E-state index in [1.807, 2.05) is 0 Å². The highest BCUT2D eigenvalue weighted by Crippen LogP contribution is 2.24. The van der Waals surface area contributed by atoms with Crippen LogP contribution in [0.4, 0.5) is 13.2 Å². The average Bonchev–Trinajstić information content (AvgIpc) is 3.25. The van der Waals surface area contributed by atoms with Gasteiger partial charge in [-0.15, -0.1) is 0 Å². The van der Waals surface area contributed by atoms with Gasteiger partial charge in [0.05, 0.1) is 5.56 Å². The summed E-state index contributed by atoms with van der Waals surface area (Å²) < 4.78 is 39.8. The average molecular weight is 313 g/mol. The maximum absolute atomic E-state index is 13.7. The van der Waals surface area contributed by atoms with Crippen LogP contribution in [-0.4, -0.2) is 22.9 Å². The number of carboxylic acid groups (broad SMARTS) is 1. The molecule has 0 unspecified atom stereocenters. The third kappa shape index (κ3) is 3.29. The van der Waals surface area contributed by atoms with Crippen LogP contribution in [0.2, 0.25) is 0 Å². The molecule has 1 aromatic carbocycles. The van der Waals surface area contributed by atoms with E-state index in [1.54, 1.807) is 6.92 Å². The molecule has 22 heavy (non-hydrogen) atoms. The van der Waals surface area contributed by atoms with Crippen molar-refractivity contribution < 1.29 is 27.9 Å². The van der Waals surface area contributed by atoms with E-state index in [0.29, 0.717) is 6.07 Å². The van der Waals surface area contributed by atoms with Crippen LogP contribution in [-0.2, 0) is 4.79 Å². The minimum Gasteiger partial charge on any atom is -0.477 e. The standard InChI is InChI=1S/C15H14F3NO3/c1-2-12(19-7-3-4-7)13(15(21)22)14(20)8-5-10(17)11(18)6-9(8)16/h5-7,19H,2-4H2,1H3,(H,21,22)/b13-12-. The number of carbonyl (C=O) groups is 2. The molecule has 2 N–H and O–H groups in total. The van der Waals surface area contributed by atoms with Crippen LogP contribution in [0.15, 0.2) is 23.4 Å². The van der Waals surface area contributed by atoms with Crippen LogP contribution < -0.4 is 5.32 Å². The normalized spacial score (nSPS) is 15.3.